The summed E-state index contributed by atoms with van der Waals surface area (Å²) in [6.45, 7) is 0.152. The molecule has 47 heavy (non-hydrogen) atoms. The molecular weight excluding hydrogens is 647 g/mol. The predicted molar refractivity (Wildman–Crippen MR) is 161 cm³/mol. The third-order valence-electron chi connectivity index (χ3n) is 7.19. The van der Waals surface area contributed by atoms with Gasteiger partial charge in [0, 0.05) is 13.0 Å². The summed E-state index contributed by atoms with van der Waals surface area (Å²) in [5.41, 5.74) is 6.20. The standard InChI is InChI=1S/C27H41N6O13P/c1-14(36)19(12-34)31-24(39)18(10-16-5-7-17(37)8-6-16)30-22(38)11-29-25(40)21-4-3-9-33(21)27(42)20(13-35)32-26(41)23(28)15(2)46-47(43,44)45/h5-8,15,18-21,23,34-35,37H,3-4,9-13,28H2,1-2H3,(H,29,40)(H,30,38)(H,31,39)(H,32,41)(H2,43,44,45). The van der Waals surface area contributed by atoms with E-state index >= 15 is 0 Å². The summed E-state index contributed by atoms with van der Waals surface area (Å²) in [6, 6.07) is -0.993. The molecule has 1 aromatic carbocycles. The van der Waals surface area contributed by atoms with Gasteiger partial charge in [0.1, 0.15) is 36.0 Å². The number of carbonyl (C=O) groups is 6. The van der Waals surface area contributed by atoms with Crippen LogP contribution in [0.1, 0.15) is 32.3 Å². The summed E-state index contributed by atoms with van der Waals surface area (Å²) in [5.74, 6) is -4.81. The van der Waals surface area contributed by atoms with Crippen LogP contribution in [-0.2, 0) is 44.3 Å². The zero-order valence-electron chi connectivity index (χ0n) is 25.7. The van der Waals surface area contributed by atoms with Crippen LogP contribution < -0.4 is 27.0 Å². The number of hydrogen-bond donors (Lipinski definition) is 10. The number of amides is 5. The Morgan fingerprint density at radius 2 is 1.57 bits per heavy atom. The van der Waals surface area contributed by atoms with Crippen molar-refractivity contribution in [3.63, 3.8) is 0 Å². The Kier molecular flexibility index (Phi) is 14.9. The van der Waals surface area contributed by atoms with Gasteiger partial charge in [0.05, 0.1) is 25.9 Å². The van der Waals surface area contributed by atoms with Gasteiger partial charge in [-0.3, -0.25) is 33.3 Å². The molecule has 0 bridgehead atoms. The molecule has 0 saturated carbocycles. The Morgan fingerprint density at radius 1 is 0.979 bits per heavy atom. The van der Waals surface area contributed by atoms with Crippen LogP contribution in [0, 0.1) is 0 Å². The van der Waals surface area contributed by atoms with Crippen molar-refractivity contribution >= 4 is 43.1 Å². The Labute approximate surface area is 269 Å². The smallest absolute Gasteiger partial charge is 0.469 e. The first-order valence-corrected chi connectivity index (χ1v) is 16.0. The summed E-state index contributed by atoms with van der Waals surface area (Å²) < 4.78 is 15.4. The molecule has 0 spiro atoms. The van der Waals surface area contributed by atoms with E-state index in [1.807, 2.05) is 0 Å². The minimum Gasteiger partial charge on any atom is -0.508 e. The van der Waals surface area contributed by atoms with E-state index < -0.39 is 99.2 Å². The third-order valence-corrected chi connectivity index (χ3v) is 7.80. The summed E-state index contributed by atoms with van der Waals surface area (Å²) in [5, 5.41) is 38.1. The van der Waals surface area contributed by atoms with Gasteiger partial charge in [-0.2, -0.15) is 0 Å². The molecule has 6 unspecified atom stereocenters. The van der Waals surface area contributed by atoms with Crippen LogP contribution in [0.25, 0.3) is 0 Å². The van der Waals surface area contributed by atoms with Crippen LogP contribution in [0.5, 0.6) is 5.75 Å². The molecule has 1 aliphatic heterocycles. The fourth-order valence-electron chi connectivity index (χ4n) is 4.61. The number of benzene rings is 1. The molecule has 262 valence electrons. The van der Waals surface area contributed by atoms with E-state index in [0.717, 1.165) is 11.8 Å². The second-order valence-electron chi connectivity index (χ2n) is 10.8. The number of phosphoric ester groups is 1. The van der Waals surface area contributed by atoms with E-state index in [1.54, 1.807) is 0 Å². The van der Waals surface area contributed by atoms with Gasteiger partial charge in [-0.25, -0.2) is 4.57 Å². The lowest BCUT2D eigenvalue weighted by Gasteiger charge is -2.29. The summed E-state index contributed by atoms with van der Waals surface area (Å²) in [4.78, 5) is 95.0. The van der Waals surface area contributed by atoms with E-state index in [9.17, 15) is 48.7 Å². The Bertz CT molecular complexity index is 1340. The predicted octanol–water partition coefficient (Wildman–Crippen LogP) is -4.10. The molecule has 6 atom stereocenters. The van der Waals surface area contributed by atoms with Gasteiger partial charge in [-0.05, 0) is 44.4 Å². The zero-order chi connectivity index (χ0) is 35.5. The second-order valence-corrected chi connectivity index (χ2v) is 12.0. The Morgan fingerprint density at radius 3 is 2.13 bits per heavy atom. The lowest BCUT2D eigenvalue weighted by Crippen LogP contribution is -2.58. The SMILES string of the molecule is CC(=O)C(CO)NC(=O)C(Cc1ccc(O)cc1)NC(=O)CNC(=O)C1CCCN1C(=O)C(CO)NC(=O)C(N)C(C)OP(=O)(O)O. The lowest BCUT2D eigenvalue weighted by atomic mass is 10.0. The van der Waals surface area contributed by atoms with Gasteiger partial charge in [0.2, 0.25) is 29.5 Å². The highest BCUT2D eigenvalue weighted by Crippen LogP contribution is 2.37. The molecule has 0 aromatic heterocycles. The number of Topliss-reactive ketones (excluding diaryl/α,β-unsaturated/α-hetero) is 1. The number of nitrogens with one attached hydrogen (secondary N) is 4. The number of aliphatic hydroxyl groups excluding tert-OH is 2. The number of likely N-dealkylation sites (tertiary alicyclic amines) is 1. The molecule has 11 N–H and O–H groups in total. The first-order valence-electron chi connectivity index (χ1n) is 14.4. The lowest BCUT2D eigenvalue weighted by molar-refractivity contribution is -0.143. The number of nitrogens with two attached hydrogens (primary N) is 1. The highest BCUT2D eigenvalue weighted by atomic mass is 31.2. The number of hydrogen-bond acceptors (Lipinski definition) is 12. The quantitative estimate of drug-likeness (QED) is 0.0696. The summed E-state index contributed by atoms with van der Waals surface area (Å²) in [7, 11) is -4.97. The Hall–Kier alpha value is -3.97. The van der Waals surface area contributed by atoms with E-state index in [1.165, 1.54) is 31.2 Å². The van der Waals surface area contributed by atoms with Crippen molar-refractivity contribution in [3.05, 3.63) is 29.8 Å². The number of phosphoric acid groups is 1. The first-order chi connectivity index (χ1) is 22.0. The normalized spacial score (nSPS) is 17.9. The average molecular weight is 689 g/mol. The van der Waals surface area contributed by atoms with Crippen molar-refractivity contribution in [1.29, 1.82) is 0 Å². The van der Waals surface area contributed by atoms with Crippen LogP contribution in [-0.4, -0.2) is 128 Å². The highest BCUT2D eigenvalue weighted by molar-refractivity contribution is 7.46. The van der Waals surface area contributed by atoms with Gasteiger partial charge in [0.25, 0.3) is 0 Å². The number of aliphatic hydroxyl groups is 2. The molecule has 1 heterocycles. The second kappa shape index (κ2) is 17.8. The molecular formula is C27H41N6O13P. The average Bonchev–Trinajstić information content (AvgIpc) is 3.50. The van der Waals surface area contributed by atoms with Crippen LogP contribution in [0.4, 0.5) is 0 Å². The number of ketones is 1. The number of nitrogens with zero attached hydrogens (tertiary/aromatic N) is 1. The molecule has 0 aliphatic carbocycles. The highest BCUT2D eigenvalue weighted by Gasteiger charge is 2.39. The number of rotatable bonds is 17. The third kappa shape index (κ3) is 12.3. The van der Waals surface area contributed by atoms with Gasteiger partial charge >= 0.3 is 7.82 Å². The molecule has 1 saturated heterocycles. The molecule has 1 aliphatic rings. The molecule has 0 radical (unpaired) electrons. The maximum atomic E-state index is 13.2. The van der Waals surface area contributed by atoms with Crippen molar-refractivity contribution in [2.24, 2.45) is 5.73 Å². The van der Waals surface area contributed by atoms with E-state index in [4.69, 9.17) is 15.5 Å². The van der Waals surface area contributed by atoms with Crippen LogP contribution in [0.2, 0.25) is 0 Å². The van der Waals surface area contributed by atoms with E-state index in [-0.39, 0.29) is 25.1 Å². The molecule has 1 fully saturated rings. The number of phenolic OH excluding ortho intramolecular Hbond substituents is 1. The summed E-state index contributed by atoms with van der Waals surface area (Å²) in [6.07, 6.45) is -0.989. The Balaban J connectivity index is 2.04. The van der Waals surface area contributed by atoms with Crippen molar-refractivity contribution in [3.8, 4) is 5.75 Å². The van der Waals surface area contributed by atoms with Crippen molar-refractivity contribution in [1.82, 2.24) is 26.2 Å². The number of carbonyl (C=O) groups excluding carboxylic acids is 6. The van der Waals surface area contributed by atoms with Crippen molar-refractivity contribution < 1.29 is 63.0 Å². The number of aromatic hydroxyl groups is 1. The summed E-state index contributed by atoms with van der Waals surface area (Å²) >= 11 is 0. The maximum Gasteiger partial charge on any atom is 0.469 e. The van der Waals surface area contributed by atoms with E-state index in [2.05, 4.69) is 25.8 Å². The van der Waals surface area contributed by atoms with Crippen LogP contribution in [0.15, 0.2) is 24.3 Å². The fourth-order valence-corrected chi connectivity index (χ4v) is 5.17. The molecule has 5 amide bonds. The fraction of sp³-hybridized carbons (Fsp3) is 0.556. The minimum atomic E-state index is -4.97. The van der Waals surface area contributed by atoms with E-state index in [0.29, 0.717) is 12.0 Å². The van der Waals surface area contributed by atoms with Crippen LogP contribution in [0.3, 0.4) is 0 Å². The van der Waals surface area contributed by atoms with Gasteiger partial charge in [-0.1, -0.05) is 12.1 Å². The van der Waals surface area contributed by atoms with Gasteiger partial charge in [-0.15, -0.1) is 0 Å². The largest absolute Gasteiger partial charge is 0.508 e. The minimum absolute atomic E-state index is 0.0310. The maximum absolute atomic E-state index is 13.2. The molecule has 20 heteroatoms. The van der Waals surface area contributed by atoms with Gasteiger partial charge < -0.3 is 57.0 Å². The topological polar surface area (TPSA) is 307 Å². The first kappa shape index (κ1) is 39.2. The van der Waals surface area contributed by atoms with Gasteiger partial charge in [0.15, 0.2) is 5.78 Å². The molecule has 1 aromatic rings. The van der Waals surface area contributed by atoms with Crippen molar-refractivity contribution in [2.75, 3.05) is 26.3 Å². The number of phenols is 1. The molecule has 19 nitrogen and oxygen atoms in total. The van der Waals surface area contributed by atoms with Crippen LogP contribution >= 0.6 is 7.82 Å². The zero-order valence-corrected chi connectivity index (χ0v) is 26.6. The monoisotopic (exact) mass is 688 g/mol. The molecule has 2 rings (SSSR count). The van der Waals surface area contributed by atoms with Crippen molar-refractivity contribution in [2.45, 2.75) is 69.4 Å².